The summed E-state index contributed by atoms with van der Waals surface area (Å²) >= 11 is 1.48. The first-order chi connectivity index (χ1) is 11.9. The number of halogens is 2. The van der Waals surface area contributed by atoms with Gasteiger partial charge in [-0.1, -0.05) is 12.1 Å². The number of piperazine rings is 1. The highest BCUT2D eigenvalue weighted by molar-refractivity contribution is 7.89. The molecule has 0 unspecified atom stereocenters. The summed E-state index contributed by atoms with van der Waals surface area (Å²) in [4.78, 5) is 13.8. The smallest absolute Gasteiger partial charge is 0.249 e. The van der Waals surface area contributed by atoms with Crippen LogP contribution in [0.2, 0.25) is 0 Å². The van der Waals surface area contributed by atoms with E-state index in [1.165, 1.54) is 11.3 Å². The summed E-state index contributed by atoms with van der Waals surface area (Å²) in [6.45, 7) is 0.400. The van der Waals surface area contributed by atoms with Crippen LogP contribution in [0.4, 0.5) is 8.78 Å². The SMILES string of the molecule is O=C(Cc1cccs1)N1CCN(S(=O)(=O)c2c(F)cccc2F)CC1. The van der Waals surface area contributed by atoms with E-state index in [-0.39, 0.29) is 38.5 Å². The van der Waals surface area contributed by atoms with Crippen LogP contribution < -0.4 is 0 Å². The molecule has 1 aliphatic rings. The zero-order valence-corrected chi connectivity index (χ0v) is 14.8. The maximum absolute atomic E-state index is 13.8. The van der Waals surface area contributed by atoms with Crippen molar-refractivity contribution in [1.82, 2.24) is 9.21 Å². The molecule has 5 nitrogen and oxygen atoms in total. The van der Waals surface area contributed by atoms with Gasteiger partial charge in [0.1, 0.15) is 11.6 Å². The molecular weight excluding hydrogens is 370 g/mol. The van der Waals surface area contributed by atoms with Crippen molar-refractivity contribution in [2.45, 2.75) is 11.3 Å². The molecule has 1 amide bonds. The van der Waals surface area contributed by atoms with Gasteiger partial charge < -0.3 is 4.90 Å². The third-order valence-electron chi connectivity index (χ3n) is 4.01. The number of carbonyl (C=O) groups excluding carboxylic acids is 1. The van der Waals surface area contributed by atoms with Gasteiger partial charge in [-0.05, 0) is 23.6 Å². The molecular formula is C16H16F2N2O3S2. The van der Waals surface area contributed by atoms with Crippen LogP contribution in [0.15, 0.2) is 40.6 Å². The highest BCUT2D eigenvalue weighted by Gasteiger charge is 2.34. The molecule has 1 saturated heterocycles. The minimum absolute atomic E-state index is 0.00624. The Labute approximate surface area is 148 Å². The summed E-state index contributed by atoms with van der Waals surface area (Å²) in [5.41, 5.74) is 0. The van der Waals surface area contributed by atoms with Gasteiger partial charge in [0.25, 0.3) is 0 Å². The highest BCUT2D eigenvalue weighted by atomic mass is 32.2. The maximum Gasteiger partial charge on any atom is 0.249 e. The summed E-state index contributed by atoms with van der Waals surface area (Å²) in [6, 6.07) is 6.67. The van der Waals surface area contributed by atoms with Gasteiger partial charge in [-0.3, -0.25) is 4.79 Å². The number of hydrogen-bond acceptors (Lipinski definition) is 4. The molecule has 0 N–H and O–H groups in total. The van der Waals surface area contributed by atoms with Crippen molar-refractivity contribution in [3.8, 4) is 0 Å². The number of hydrogen-bond donors (Lipinski definition) is 0. The van der Waals surface area contributed by atoms with E-state index in [1.807, 2.05) is 17.5 Å². The van der Waals surface area contributed by atoms with Crippen LogP contribution in [-0.2, 0) is 21.2 Å². The minimum Gasteiger partial charge on any atom is -0.340 e. The zero-order valence-electron chi connectivity index (χ0n) is 13.2. The number of sulfonamides is 1. The molecule has 0 aliphatic carbocycles. The van der Waals surface area contributed by atoms with Gasteiger partial charge in [0.05, 0.1) is 6.42 Å². The predicted molar refractivity (Wildman–Crippen MR) is 89.7 cm³/mol. The summed E-state index contributed by atoms with van der Waals surface area (Å²) in [5, 5.41) is 1.88. The van der Waals surface area contributed by atoms with E-state index in [0.29, 0.717) is 0 Å². The fourth-order valence-corrected chi connectivity index (χ4v) is 4.94. The number of thiophene rings is 1. The van der Waals surface area contributed by atoms with Gasteiger partial charge in [0.2, 0.25) is 15.9 Å². The van der Waals surface area contributed by atoms with Gasteiger partial charge >= 0.3 is 0 Å². The number of carbonyl (C=O) groups is 1. The molecule has 1 aromatic heterocycles. The van der Waals surface area contributed by atoms with Crippen molar-refractivity contribution in [3.63, 3.8) is 0 Å². The van der Waals surface area contributed by atoms with Gasteiger partial charge in [0.15, 0.2) is 4.90 Å². The molecule has 1 aliphatic heterocycles. The van der Waals surface area contributed by atoms with Crippen molar-refractivity contribution in [3.05, 3.63) is 52.2 Å². The Morgan fingerprint density at radius 3 is 2.24 bits per heavy atom. The number of nitrogens with zero attached hydrogens (tertiary/aromatic N) is 2. The van der Waals surface area contributed by atoms with Crippen LogP contribution in [-0.4, -0.2) is 49.7 Å². The average molecular weight is 386 g/mol. The van der Waals surface area contributed by atoms with E-state index >= 15 is 0 Å². The maximum atomic E-state index is 13.8. The van der Waals surface area contributed by atoms with E-state index in [4.69, 9.17) is 0 Å². The Morgan fingerprint density at radius 1 is 1.04 bits per heavy atom. The van der Waals surface area contributed by atoms with Crippen LogP contribution in [0.3, 0.4) is 0 Å². The van der Waals surface area contributed by atoms with Crippen LogP contribution in [0.5, 0.6) is 0 Å². The lowest BCUT2D eigenvalue weighted by atomic mass is 10.3. The van der Waals surface area contributed by atoms with Crippen LogP contribution in [0.1, 0.15) is 4.88 Å². The molecule has 0 radical (unpaired) electrons. The average Bonchev–Trinajstić information content (AvgIpc) is 3.07. The molecule has 0 bridgehead atoms. The second-order valence-electron chi connectivity index (χ2n) is 5.59. The molecule has 0 atom stereocenters. The minimum atomic E-state index is -4.28. The van der Waals surface area contributed by atoms with Crippen molar-refractivity contribution < 1.29 is 22.0 Å². The monoisotopic (exact) mass is 386 g/mol. The summed E-state index contributed by atoms with van der Waals surface area (Å²) < 4.78 is 53.6. The van der Waals surface area contributed by atoms with Crippen molar-refractivity contribution >= 4 is 27.3 Å². The van der Waals surface area contributed by atoms with Crippen molar-refractivity contribution in [1.29, 1.82) is 0 Å². The van der Waals surface area contributed by atoms with E-state index in [1.54, 1.807) is 4.90 Å². The van der Waals surface area contributed by atoms with Gasteiger partial charge in [-0.2, -0.15) is 4.31 Å². The standard InChI is InChI=1S/C16H16F2N2O3S2/c17-13-4-1-5-14(18)16(13)25(22,23)20-8-6-19(7-9-20)15(21)11-12-3-2-10-24-12/h1-5,10H,6-9,11H2. The first-order valence-corrected chi connectivity index (χ1v) is 9.96. The molecule has 2 aromatic rings. The molecule has 9 heteroatoms. The summed E-state index contributed by atoms with van der Waals surface area (Å²) in [6.07, 6.45) is 0.270. The third-order valence-corrected chi connectivity index (χ3v) is 6.84. The summed E-state index contributed by atoms with van der Waals surface area (Å²) in [5.74, 6) is -2.32. The normalized spacial score (nSPS) is 16.2. The lowest BCUT2D eigenvalue weighted by Gasteiger charge is -2.34. The zero-order chi connectivity index (χ0) is 18.0. The fourth-order valence-electron chi connectivity index (χ4n) is 2.71. The molecule has 134 valence electrons. The van der Waals surface area contributed by atoms with Crippen molar-refractivity contribution in [2.24, 2.45) is 0 Å². The third kappa shape index (κ3) is 3.73. The van der Waals surface area contributed by atoms with Gasteiger partial charge in [-0.15, -0.1) is 11.3 Å². The van der Waals surface area contributed by atoms with Crippen LogP contribution >= 0.6 is 11.3 Å². The molecule has 0 saturated carbocycles. The number of rotatable bonds is 4. The van der Waals surface area contributed by atoms with E-state index in [0.717, 1.165) is 27.4 Å². The number of benzene rings is 1. The quantitative estimate of drug-likeness (QED) is 0.809. The Morgan fingerprint density at radius 2 is 1.68 bits per heavy atom. The van der Waals surface area contributed by atoms with Crippen LogP contribution in [0.25, 0.3) is 0 Å². The lowest BCUT2D eigenvalue weighted by Crippen LogP contribution is -2.51. The predicted octanol–water partition coefficient (Wildman–Crippen LogP) is 2.10. The Bertz CT molecular complexity index is 841. The first kappa shape index (κ1) is 18.0. The first-order valence-electron chi connectivity index (χ1n) is 7.64. The molecule has 2 heterocycles. The van der Waals surface area contributed by atoms with Crippen molar-refractivity contribution in [2.75, 3.05) is 26.2 Å². The number of amides is 1. The second-order valence-corrected chi connectivity index (χ2v) is 8.50. The second kappa shape index (κ2) is 7.19. The molecule has 0 spiro atoms. The molecule has 1 aromatic carbocycles. The topological polar surface area (TPSA) is 57.7 Å². The van der Waals surface area contributed by atoms with E-state index in [9.17, 15) is 22.0 Å². The summed E-state index contributed by atoms with van der Waals surface area (Å²) in [7, 11) is -4.28. The largest absolute Gasteiger partial charge is 0.340 e. The van der Waals surface area contributed by atoms with Crippen LogP contribution in [0, 0.1) is 11.6 Å². The van der Waals surface area contributed by atoms with Gasteiger partial charge in [0, 0.05) is 31.1 Å². The highest BCUT2D eigenvalue weighted by Crippen LogP contribution is 2.23. The molecule has 3 rings (SSSR count). The Balaban J connectivity index is 1.68. The Hall–Kier alpha value is -1.84. The fraction of sp³-hybridized carbons (Fsp3) is 0.312. The molecule has 1 fully saturated rings. The van der Waals surface area contributed by atoms with Gasteiger partial charge in [-0.25, -0.2) is 17.2 Å². The lowest BCUT2D eigenvalue weighted by molar-refractivity contribution is -0.131. The van der Waals surface area contributed by atoms with E-state index < -0.39 is 26.6 Å². The van der Waals surface area contributed by atoms with E-state index in [2.05, 4.69) is 0 Å². The molecule has 25 heavy (non-hydrogen) atoms. The Kier molecular flexibility index (Phi) is 5.16.